The summed E-state index contributed by atoms with van der Waals surface area (Å²) in [7, 11) is 0. The number of nitrogens with zero attached hydrogens (tertiary/aromatic N) is 1. The van der Waals surface area contributed by atoms with Crippen molar-refractivity contribution in [2.45, 2.75) is 27.3 Å². The van der Waals surface area contributed by atoms with Crippen LogP contribution in [-0.2, 0) is 6.54 Å². The molecule has 1 aromatic rings. The van der Waals surface area contributed by atoms with Crippen LogP contribution >= 0.6 is 0 Å². The van der Waals surface area contributed by atoms with Crippen LogP contribution in [0.1, 0.15) is 25.0 Å². The molecule has 0 fully saturated rings. The molecule has 0 aliphatic rings. The second kappa shape index (κ2) is 10.3. The van der Waals surface area contributed by atoms with Crippen LogP contribution in [-0.4, -0.2) is 41.4 Å². The standard InChI is InChI=1S/C12H19NO2.C2H6/c1-11-3-2-4-12(9-11)10-13(5-7-14)6-8-15;1-2/h2-4,9,14-15H,5-8,10H2,1H3;1-2H3. The van der Waals surface area contributed by atoms with Crippen LogP contribution in [0.5, 0.6) is 0 Å². The Labute approximate surface area is 105 Å². The van der Waals surface area contributed by atoms with Gasteiger partial charge in [0.2, 0.25) is 0 Å². The summed E-state index contributed by atoms with van der Waals surface area (Å²) in [5.41, 5.74) is 2.46. The highest BCUT2D eigenvalue weighted by Gasteiger charge is 2.04. The molecule has 1 aromatic carbocycles. The number of benzene rings is 1. The molecule has 0 saturated heterocycles. The summed E-state index contributed by atoms with van der Waals surface area (Å²) in [6.45, 7) is 8.31. The summed E-state index contributed by atoms with van der Waals surface area (Å²) in [4.78, 5) is 2.04. The molecule has 3 heteroatoms. The maximum Gasteiger partial charge on any atom is 0.0558 e. The zero-order valence-corrected chi connectivity index (χ0v) is 11.2. The number of rotatable bonds is 6. The van der Waals surface area contributed by atoms with Crippen molar-refractivity contribution in [2.75, 3.05) is 26.3 Å². The Morgan fingerprint density at radius 2 is 1.65 bits per heavy atom. The number of hydrogen-bond donors (Lipinski definition) is 2. The van der Waals surface area contributed by atoms with Crippen LogP contribution in [0, 0.1) is 6.92 Å². The van der Waals surface area contributed by atoms with Gasteiger partial charge in [0.25, 0.3) is 0 Å². The summed E-state index contributed by atoms with van der Waals surface area (Å²) < 4.78 is 0. The van der Waals surface area contributed by atoms with E-state index in [0.717, 1.165) is 6.54 Å². The zero-order valence-electron chi connectivity index (χ0n) is 11.2. The molecule has 0 bridgehead atoms. The maximum absolute atomic E-state index is 8.87. The first-order valence-electron chi connectivity index (χ1n) is 6.26. The van der Waals surface area contributed by atoms with E-state index in [1.54, 1.807) is 0 Å². The van der Waals surface area contributed by atoms with E-state index in [4.69, 9.17) is 10.2 Å². The van der Waals surface area contributed by atoms with E-state index in [0.29, 0.717) is 13.1 Å². The van der Waals surface area contributed by atoms with Gasteiger partial charge in [0, 0.05) is 19.6 Å². The molecule has 0 aromatic heterocycles. The van der Waals surface area contributed by atoms with E-state index in [9.17, 15) is 0 Å². The average Bonchev–Trinajstić information content (AvgIpc) is 2.32. The Morgan fingerprint density at radius 1 is 1.06 bits per heavy atom. The number of hydrogen-bond acceptors (Lipinski definition) is 3. The normalized spacial score (nSPS) is 10.0. The first kappa shape index (κ1) is 16.1. The van der Waals surface area contributed by atoms with Gasteiger partial charge in [-0.25, -0.2) is 0 Å². The predicted octanol–water partition coefficient (Wildman–Crippen LogP) is 1.81. The molecular formula is C14H25NO2. The second-order valence-electron chi connectivity index (χ2n) is 3.71. The summed E-state index contributed by atoms with van der Waals surface area (Å²) in [5.74, 6) is 0. The Balaban J connectivity index is 0.00000121. The fraction of sp³-hybridized carbons (Fsp3) is 0.571. The molecule has 3 nitrogen and oxygen atoms in total. The van der Waals surface area contributed by atoms with Gasteiger partial charge in [-0.2, -0.15) is 0 Å². The number of aliphatic hydroxyl groups is 2. The van der Waals surface area contributed by atoms with Crippen molar-refractivity contribution in [2.24, 2.45) is 0 Å². The van der Waals surface area contributed by atoms with Crippen LogP contribution in [0.25, 0.3) is 0 Å². The van der Waals surface area contributed by atoms with Crippen LogP contribution in [0.3, 0.4) is 0 Å². The van der Waals surface area contributed by atoms with Crippen LogP contribution in [0.15, 0.2) is 24.3 Å². The molecule has 0 amide bonds. The monoisotopic (exact) mass is 239 g/mol. The van der Waals surface area contributed by atoms with Gasteiger partial charge in [0.05, 0.1) is 13.2 Å². The summed E-state index contributed by atoms with van der Waals surface area (Å²) in [6, 6.07) is 8.28. The summed E-state index contributed by atoms with van der Waals surface area (Å²) in [5, 5.41) is 17.7. The number of aryl methyl sites for hydroxylation is 1. The van der Waals surface area contributed by atoms with Gasteiger partial charge in [-0.1, -0.05) is 43.7 Å². The topological polar surface area (TPSA) is 43.7 Å². The third-order valence-corrected chi connectivity index (χ3v) is 2.32. The largest absolute Gasteiger partial charge is 0.395 e. The lowest BCUT2D eigenvalue weighted by Crippen LogP contribution is -2.29. The Hall–Kier alpha value is -0.900. The van der Waals surface area contributed by atoms with E-state index in [1.807, 2.05) is 24.8 Å². The Kier molecular flexibility index (Phi) is 9.72. The van der Waals surface area contributed by atoms with Crippen molar-refractivity contribution in [3.05, 3.63) is 35.4 Å². The van der Waals surface area contributed by atoms with E-state index in [-0.39, 0.29) is 13.2 Å². The van der Waals surface area contributed by atoms with Gasteiger partial charge in [-0.15, -0.1) is 0 Å². The lowest BCUT2D eigenvalue weighted by molar-refractivity contribution is 0.156. The lowest BCUT2D eigenvalue weighted by Gasteiger charge is -2.20. The molecule has 98 valence electrons. The third-order valence-electron chi connectivity index (χ3n) is 2.32. The third kappa shape index (κ3) is 7.10. The lowest BCUT2D eigenvalue weighted by atomic mass is 10.1. The van der Waals surface area contributed by atoms with Crippen LogP contribution < -0.4 is 0 Å². The molecule has 0 saturated carbocycles. The average molecular weight is 239 g/mol. The molecular weight excluding hydrogens is 214 g/mol. The first-order valence-corrected chi connectivity index (χ1v) is 6.26. The van der Waals surface area contributed by atoms with Crippen molar-refractivity contribution in [3.63, 3.8) is 0 Å². The summed E-state index contributed by atoms with van der Waals surface area (Å²) >= 11 is 0. The van der Waals surface area contributed by atoms with Crippen molar-refractivity contribution in [1.29, 1.82) is 0 Å². The molecule has 0 heterocycles. The zero-order chi connectivity index (χ0) is 13.1. The SMILES string of the molecule is CC.Cc1cccc(CN(CCO)CCO)c1. The second-order valence-corrected chi connectivity index (χ2v) is 3.71. The minimum absolute atomic E-state index is 0.131. The van der Waals surface area contributed by atoms with Gasteiger partial charge in [0.1, 0.15) is 0 Å². The minimum Gasteiger partial charge on any atom is -0.395 e. The number of aliphatic hydroxyl groups excluding tert-OH is 2. The summed E-state index contributed by atoms with van der Waals surface area (Å²) in [6.07, 6.45) is 0. The Bertz CT molecular complexity index is 283. The quantitative estimate of drug-likeness (QED) is 0.795. The van der Waals surface area contributed by atoms with Gasteiger partial charge in [-0.3, -0.25) is 4.90 Å². The molecule has 0 atom stereocenters. The van der Waals surface area contributed by atoms with Crippen molar-refractivity contribution in [1.82, 2.24) is 4.90 Å². The molecule has 0 spiro atoms. The Morgan fingerprint density at radius 3 is 2.12 bits per heavy atom. The van der Waals surface area contributed by atoms with Crippen molar-refractivity contribution >= 4 is 0 Å². The van der Waals surface area contributed by atoms with E-state index < -0.39 is 0 Å². The highest BCUT2D eigenvalue weighted by Crippen LogP contribution is 2.07. The highest BCUT2D eigenvalue weighted by atomic mass is 16.3. The molecule has 0 aliphatic carbocycles. The van der Waals surface area contributed by atoms with Gasteiger partial charge < -0.3 is 10.2 Å². The molecule has 1 rings (SSSR count). The van der Waals surface area contributed by atoms with E-state index >= 15 is 0 Å². The van der Waals surface area contributed by atoms with E-state index in [2.05, 4.69) is 25.1 Å². The first-order chi connectivity index (χ1) is 8.26. The molecule has 2 N–H and O–H groups in total. The van der Waals surface area contributed by atoms with E-state index in [1.165, 1.54) is 11.1 Å². The van der Waals surface area contributed by atoms with Crippen molar-refractivity contribution < 1.29 is 10.2 Å². The van der Waals surface area contributed by atoms with Crippen molar-refractivity contribution in [3.8, 4) is 0 Å². The molecule has 0 radical (unpaired) electrons. The van der Waals surface area contributed by atoms with Gasteiger partial charge >= 0.3 is 0 Å². The fourth-order valence-electron chi connectivity index (χ4n) is 1.62. The molecule has 0 unspecified atom stereocenters. The highest BCUT2D eigenvalue weighted by molar-refractivity contribution is 5.22. The predicted molar refractivity (Wildman–Crippen MR) is 72.0 cm³/mol. The van der Waals surface area contributed by atoms with Gasteiger partial charge in [-0.05, 0) is 12.5 Å². The minimum atomic E-state index is 0.131. The van der Waals surface area contributed by atoms with Crippen LogP contribution in [0.4, 0.5) is 0 Å². The molecule has 17 heavy (non-hydrogen) atoms. The maximum atomic E-state index is 8.87. The fourth-order valence-corrected chi connectivity index (χ4v) is 1.62. The van der Waals surface area contributed by atoms with Crippen LogP contribution in [0.2, 0.25) is 0 Å². The smallest absolute Gasteiger partial charge is 0.0558 e. The molecule has 0 aliphatic heterocycles. The van der Waals surface area contributed by atoms with Gasteiger partial charge in [0.15, 0.2) is 0 Å².